The first-order valence-electron chi connectivity index (χ1n) is 7.61. The Balaban J connectivity index is 2.00. The Kier molecular flexibility index (Phi) is 6.49. The van der Waals surface area contributed by atoms with Gasteiger partial charge in [-0.15, -0.1) is 0 Å². The molecular formula is C16H23N3O4. The van der Waals surface area contributed by atoms with Crippen LogP contribution in [-0.2, 0) is 25.6 Å². The van der Waals surface area contributed by atoms with Gasteiger partial charge in [-0.1, -0.05) is 6.07 Å². The van der Waals surface area contributed by atoms with E-state index >= 15 is 0 Å². The zero-order chi connectivity index (χ0) is 16.7. The summed E-state index contributed by atoms with van der Waals surface area (Å²) in [5.41, 5.74) is 0.985. The number of nitrogens with zero attached hydrogens (tertiary/aromatic N) is 3. The first kappa shape index (κ1) is 17.4. The lowest BCUT2D eigenvalue weighted by molar-refractivity contribution is -0.141. The number of carbonyl (C=O) groups is 2. The molecule has 0 aromatic carbocycles. The highest BCUT2D eigenvalue weighted by Gasteiger charge is 2.28. The van der Waals surface area contributed by atoms with Gasteiger partial charge in [-0.2, -0.15) is 0 Å². The Morgan fingerprint density at radius 2 is 2.22 bits per heavy atom. The van der Waals surface area contributed by atoms with Crippen LogP contribution in [0.5, 0.6) is 0 Å². The molecule has 1 saturated heterocycles. The summed E-state index contributed by atoms with van der Waals surface area (Å²) < 4.78 is 10.1. The lowest BCUT2D eigenvalue weighted by Gasteiger charge is -2.23. The van der Waals surface area contributed by atoms with Gasteiger partial charge in [-0.3, -0.25) is 19.5 Å². The summed E-state index contributed by atoms with van der Waals surface area (Å²) in [7, 11) is 3.00. The zero-order valence-electron chi connectivity index (χ0n) is 13.6. The molecule has 0 bridgehead atoms. The van der Waals surface area contributed by atoms with Crippen molar-refractivity contribution < 1.29 is 19.1 Å². The van der Waals surface area contributed by atoms with E-state index < -0.39 is 0 Å². The Bertz CT molecular complexity index is 523. The van der Waals surface area contributed by atoms with Gasteiger partial charge in [0.05, 0.1) is 26.2 Å². The standard InChI is InChI=1S/C16H23N3O4/c1-22-14-10-18(7-5-16(21)23-2)12-15(20)19(11-14)9-13-4-3-6-17-8-13/h3-4,6,8,14H,5,7,9-12H2,1-2H3. The number of rotatable bonds is 6. The monoisotopic (exact) mass is 321 g/mol. The maximum Gasteiger partial charge on any atom is 0.306 e. The fourth-order valence-electron chi connectivity index (χ4n) is 2.58. The van der Waals surface area contributed by atoms with E-state index in [2.05, 4.69) is 9.72 Å². The highest BCUT2D eigenvalue weighted by atomic mass is 16.5. The number of pyridine rings is 1. The van der Waals surface area contributed by atoms with Gasteiger partial charge < -0.3 is 14.4 Å². The Labute approximate surface area is 136 Å². The third-order valence-electron chi connectivity index (χ3n) is 3.89. The number of hydrogen-bond acceptors (Lipinski definition) is 6. The number of amides is 1. The smallest absolute Gasteiger partial charge is 0.306 e. The lowest BCUT2D eigenvalue weighted by Crippen LogP contribution is -2.37. The molecule has 1 aliphatic heterocycles. The second-order valence-electron chi connectivity index (χ2n) is 5.55. The Morgan fingerprint density at radius 1 is 1.39 bits per heavy atom. The van der Waals surface area contributed by atoms with Gasteiger partial charge in [0.1, 0.15) is 0 Å². The highest BCUT2D eigenvalue weighted by Crippen LogP contribution is 2.12. The average molecular weight is 321 g/mol. The summed E-state index contributed by atoms with van der Waals surface area (Å²) in [4.78, 5) is 31.6. The minimum Gasteiger partial charge on any atom is -0.469 e. The molecule has 1 aromatic rings. The molecule has 1 fully saturated rings. The summed E-state index contributed by atoms with van der Waals surface area (Å²) in [6.45, 7) is 2.41. The van der Waals surface area contributed by atoms with E-state index in [1.165, 1.54) is 7.11 Å². The van der Waals surface area contributed by atoms with E-state index in [-0.39, 0.29) is 30.9 Å². The summed E-state index contributed by atoms with van der Waals surface area (Å²) in [5, 5.41) is 0. The van der Waals surface area contributed by atoms with Crippen LogP contribution in [0.25, 0.3) is 0 Å². The van der Waals surface area contributed by atoms with E-state index in [1.807, 2.05) is 17.0 Å². The summed E-state index contributed by atoms with van der Waals surface area (Å²) in [5.74, 6) is -0.249. The molecule has 1 amide bonds. The van der Waals surface area contributed by atoms with E-state index in [4.69, 9.17) is 4.74 Å². The number of esters is 1. The number of ether oxygens (including phenoxy) is 2. The van der Waals surface area contributed by atoms with Crippen molar-refractivity contribution in [2.45, 2.75) is 19.1 Å². The molecule has 1 unspecified atom stereocenters. The van der Waals surface area contributed by atoms with Gasteiger partial charge in [0.15, 0.2) is 0 Å². The maximum absolute atomic E-state index is 12.5. The zero-order valence-corrected chi connectivity index (χ0v) is 13.6. The number of hydrogen-bond donors (Lipinski definition) is 0. The van der Waals surface area contributed by atoms with E-state index in [0.717, 1.165) is 5.56 Å². The van der Waals surface area contributed by atoms with Crippen molar-refractivity contribution in [3.63, 3.8) is 0 Å². The van der Waals surface area contributed by atoms with Crippen molar-refractivity contribution >= 4 is 11.9 Å². The van der Waals surface area contributed by atoms with Crippen LogP contribution < -0.4 is 0 Å². The predicted octanol–water partition coefficient (Wildman–Crippen LogP) is 0.304. The van der Waals surface area contributed by atoms with Crippen LogP contribution in [0.15, 0.2) is 24.5 Å². The maximum atomic E-state index is 12.5. The first-order chi connectivity index (χ1) is 11.1. The fourth-order valence-corrected chi connectivity index (χ4v) is 2.58. The highest BCUT2D eigenvalue weighted by molar-refractivity contribution is 5.78. The summed E-state index contributed by atoms with van der Waals surface area (Å²) in [6, 6.07) is 3.80. The van der Waals surface area contributed by atoms with Crippen molar-refractivity contribution in [3.05, 3.63) is 30.1 Å². The van der Waals surface area contributed by atoms with Crippen molar-refractivity contribution in [3.8, 4) is 0 Å². The molecule has 0 radical (unpaired) electrons. The van der Waals surface area contributed by atoms with Crippen LogP contribution >= 0.6 is 0 Å². The van der Waals surface area contributed by atoms with Crippen molar-refractivity contribution in [2.75, 3.05) is 40.4 Å². The van der Waals surface area contributed by atoms with Gasteiger partial charge in [0, 0.05) is 45.7 Å². The second-order valence-corrected chi connectivity index (χ2v) is 5.55. The minimum atomic E-state index is -0.275. The molecule has 126 valence electrons. The molecule has 1 aromatic heterocycles. The third kappa shape index (κ3) is 5.30. The lowest BCUT2D eigenvalue weighted by atomic mass is 10.2. The largest absolute Gasteiger partial charge is 0.469 e. The van der Waals surface area contributed by atoms with Crippen LogP contribution in [0, 0.1) is 0 Å². The molecule has 7 nitrogen and oxygen atoms in total. The molecular weight excluding hydrogens is 298 g/mol. The minimum absolute atomic E-state index is 0.0262. The third-order valence-corrected chi connectivity index (χ3v) is 3.89. The van der Waals surface area contributed by atoms with Gasteiger partial charge in [-0.25, -0.2) is 0 Å². The van der Waals surface area contributed by atoms with Crippen molar-refractivity contribution in [2.24, 2.45) is 0 Å². The van der Waals surface area contributed by atoms with Crippen molar-refractivity contribution in [1.82, 2.24) is 14.8 Å². The molecule has 1 atom stereocenters. The van der Waals surface area contributed by atoms with E-state index in [1.54, 1.807) is 24.4 Å². The number of methoxy groups -OCH3 is 2. The Morgan fingerprint density at radius 3 is 2.87 bits per heavy atom. The van der Waals surface area contributed by atoms with Crippen LogP contribution in [0.3, 0.4) is 0 Å². The molecule has 0 aliphatic carbocycles. The SMILES string of the molecule is COC(=O)CCN1CC(=O)N(Cc2cccnc2)CC(OC)C1. The molecule has 7 heteroatoms. The molecule has 2 heterocycles. The van der Waals surface area contributed by atoms with Gasteiger partial charge in [0.25, 0.3) is 0 Å². The second kappa shape index (κ2) is 8.59. The van der Waals surface area contributed by atoms with Crippen LogP contribution in [0.4, 0.5) is 0 Å². The predicted molar refractivity (Wildman–Crippen MR) is 83.5 cm³/mol. The molecule has 2 rings (SSSR count). The molecule has 0 saturated carbocycles. The van der Waals surface area contributed by atoms with Crippen molar-refractivity contribution in [1.29, 1.82) is 0 Å². The number of carbonyl (C=O) groups excluding carboxylic acids is 2. The summed E-state index contributed by atoms with van der Waals surface area (Å²) in [6.07, 6.45) is 3.65. The van der Waals surface area contributed by atoms with Crippen LogP contribution in [0.1, 0.15) is 12.0 Å². The van der Waals surface area contributed by atoms with E-state index in [9.17, 15) is 9.59 Å². The summed E-state index contributed by atoms with van der Waals surface area (Å²) >= 11 is 0. The van der Waals surface area contributed by atoms with Crippen LogP contribution in [0.2, 0.25) is 0 Å². The van der Waals surface area contributed by atoms with Gasteiger partial charge in [-0.05, 0) is 11.6 Å². The van der Waals surface area contributed by atoms with Gasteiger partial charge >= 0.3 is 5.97 Å². The quantitative estimate of drug-likeness (QED) is 0.702. The first-order valence-corrected chi connectivity index (χ1v) is 7.61. The average Bonchev–Trinajstić information content (AvgIpc) is 2.72. The molecule has 0 spiro atoms. The number of aromatic nitrogens is 1. The van der Waals surface area contributed by atoms with Gasteiger partial charge in [0.2, 0.25) is 5.91 Å². The molecule has 23 heavy (non-hydrogen) atoms. The normalized spacial score (nSPS) is 19.5. The molecule has 1 aliphatic rings. The topological polar surface area (TPSA) is 72.0 Å². The van der Waals surface area contributed by atoms with E-state index in [0.29, 0.717) is 26.2 Å². The Hall–Kier alpha value is -1.99. The van der Waals surface area contributed by atoms with Crippen LogP contribution in [-0.4, -0.2) is 73.2 Å². The molecule has 0 N–H and O–H groups in total. The fraction of sp³-hybridized carbons (Fsp3) is 0.562.